The summed E-state index contributed by atoms with van der Waals surface area (Å²) < 4.78 is 10.2. The largest absolute Gasteiger partial charge is 0.382 e. The molecular formula is C16H25NO3. The fourth-order valence-corrected chi connectivity index (χ4v) is 1.86. The fourth-order valence-electron chi connectivity index (χ4n) is 1.86. The van der Waals surface area contributed by atoms with Gasteiger partial charge in [-0.15, -0.1) is 0 Å². The molecule has 0 heterocycles. The van der Waals surface area contributed by atoms with E-state index in [0.717, 1.165) is 12.8 Å². The van der Waals surface area contributed by atoms with Crippen LogP contribution in [0.4, 0.5) is 0 Å². The Morgan fingerprint density at radius 1 is 1.25 bits per heavy atom. The Bertz CT molecular complexity index is 393. The summed E-state index contributed by atoms with van der Waals surface area (Å²) in [5, 5.41) is 2.91. The van der Waals surface area contributed by atoms with Crippen LogP contribution in [0.15, 0.2) is 24.3 Å². The molecule has 1 rings (SSSR count). The van der Waals surface area contributed by atoms with Crippen molar-refractivity contribution >= 4 is 5.91 Å². The molecule has 0 radical (unpaired) electrons. The first-order chi connectivity index (χ1) is 9.72. The minimum absolute atomic E-state index is 0.100. The second-order valence-electron chi connectivity index (χ2n) is 4.80. The molecule has 1 amide bonds. The molecule has 0 atom stereocenters. The molecule has 112 valence electrons. The highest BCUT2D eigenvalue weighted by Crippen LogP contribution is 2.06. The Hall–Kier alpha value is -1.39. The van der Waals surface area contributed by atoms with Crippen molar-refractivity contribution in [2.75, 3.05) is 33.5 Å². The third-order valence-corrected chi connectivity index (χ3v) is 2.94. The number of carbonyl (C=O) groups is 1. The van der Waals surface area contributed by atoms with Gasteiger partial charge in [0.2, 0.25) is 5.91 Å². The van der Waals surface area contributed by atoms with E-state index in [-0.39, 0.29) is 5.91 Å². The standard InChI is InChI=1S/C16H25NO3/c1-14-5-3-6-15(13-14)7-8-16(18)17-9-4-10-20-12-11-19-2/h3,5-6,13H,4,7-12H2,1-2H3,(H,17,18). The second kappa shape index (κ2) is 10.4. The third-order valence-electron chi connectivity index (χ3n) is 2.94. The minimum atomic E-state index is 0.100. The minimum Gasteiger partial charge on any atom is -0.382 e. The van der Waals surface area contributed by atoms with E-state index in [0.29, 0.717) is 32.8 Å². The zero-order valence-electron chi connectivity index (χ0n) is 12.5. The van der Waals surface area contributed by atoms with Gasteiger partial charge in [-0.3, -0.25) is 4.79 Å². The number of carbonyl (C=O) groups excluding carboxylic acids is 1. The molecule has 1 aromatic rings. The van der Waals surface area contributed by atoms with Gasteiger partial charge in [0.1, 0.15) is 0 Å². The van der Waals surface area contributed by atoms with Crippen molar-refractivity contribution in [3.63, 3.8) is 0 Å². The normalized spacial score (nSPS) is 10.5. The smallest absolute Gasteiger partial charge is 0.220 e. The maximum atomic E-state index is 11.7. The number of hydrogen-bond acceptors (Lipinski definition) is 3. The van der Waals surface area contributed by atoms with Gasteiger partial charge in [-0.2, -0.15) is 0 Å². The SMILES string of the molecule is COCCOCCCNC(=O)CCc1cccc(C)c1. The highest BCUT2D eigenvalue weighted by atomic mass is 16.5. The molecule has 4 heteroatoms. The summed E-state index contributed by atoms with van der Waals surface area (Å²) in [6.07, 6.45) is 2.16. The Morgan fingerprint density at radius 3 is 2.85 bits per heavy atom. The van der Waals surface area contributed by atoms with Crippen LogP contribution in [0.1, 0.15) is 24.0 Å². The van der Waals surface area contributed by atoms with Crippen LogP contribution in [-0.4, -0.2) is 39.4 Å². The molecule has 0 aliphatic heterocycles. The van der Waals surface area contributed by atoms with Gasteiger partial charge in [-0.05, 0) is 25.3 Å². The zero-order valence-corrected chi connectivity index (χ0v) is 12.5. The number of hydrogen-bond donors (Lipinski definition) is 1. The van der Waals surface area contributed by atoms with Crippen molar-refractivity contribution in [1.29, 1.82) is 0 Å². The van der Waals surface area contributed by atoms with E-state index in [1.807, 2.05) is 6.07 Å². The number of benzene rings is 1. The van der Waals surface area contributed by atoms with Crippen molar-refractivity contribution in [1.82, 2.24) is 5.32 Å². The van der Waals surface area contributed by atoms with Gasteiger partial charge < -0.3 is 14.8 Å². The van der Waals surface area contributed by atoms with E-state index in [1.54, 1.807) is 7.11 Å². The van der Waals surface area contributed by atoms with Gasteiger partial charge in [0.15, 0.2) is 0 Å². The van der Waals surface area contributed by atoms with Crippen molar-refractivity contribution in [3.8, 4) is 0 Å². The highest BCUT2D eigenvalue weighted by Gasteiger charge is 2.01. The van der Waals surface area contributed by atoms with Crippen LogP contribution in [-0.2, 0) is 20.7 Å². The highest BCUT2D eigenvalue weighted by molar-refractivity contribution is 5.76. The van der Waals surface area contributed by atoms with Crippen molar-refractivity contribution in [2.45, 2.75) is 26.2 Å². The molecule has 0 fully saturated rings. The van der Waals surface area contributed by atoms with Crippen LogP contribution in [0.5, 0.6) is 0 Å². The predicted molar refractivity (Wildman–Crippen MR) is 79.8 cm³/mol. The topological polar surface area (TPSA) is 47.6 Å². The molecule has 0 unspecified atom stereocenters. The molecular weight excluding hydrogens is 254 g/mol. The van der Waals surface area contributed by atoms with Crippen LogP contribution >= 0.6 is 0 Å². The molecule has 0 saturated heterocycles. The van der Waals surface area contributed by atoms with Gasteiger partial charge in [-0.25, -0.2) is 0 Å². The molecule has 4 nitrogen and oxygen atoms in total. The molecule has 1 N–H and O–H groups in total. The Balaban J connectivity index is 2.03. The third kappa shape index (κ3) is 7.92. The van der Waals surface area contributed by atoms with Crippen LogP contribution < -0.4 is 5.32 Å². The molecule has 0 spiro atoms. The molecule has 0 saturated carbocycles. The van der Waals surface area contributed by atoms with Crippen molar-refractivity contribution < 1.29 is 14.3 Å². The molecule has 1 aromatic carbocycles. The van der Waals surface area contributed by atoms with Gasteiger partial charge >= 0.3 is 0 Å². The average molecular weight is 279 g/mol. The maximum Gasteiger partial charge on any atom is 0.220 e. The predicted octanol–water partition coefficient (Wildman–Crippen LogP) is 2.10. The summed E-state index contributed by atoms with van der Waals surface area (Å²) >= 11 is 0. The van der Waals surface area contributed by atoms with E-state index < -0.39 is 0 Å². The summed E-state index contributed by atoms with van der Waals surface area (Å²) in [4.78, 5) is 11.7. The summed E-state index contributed by atoms with van der Waals surface area (Å²) in [6, 6.07) is 8.27. The lowest BCUT2D eigenvalue weighted by molar-refractivity contribution is -0.121. The van der Waals surface area contributed by atoms with Gasteiger partial charge in [-0.1, -0.05) is 29.8 Å². The molecule has 0 bridgehead atoms. The van der Waals surface area contributed by atoms with E-state index in [4.69, 9.17) is 9.47 Å². The fraction of sp³-hybridized carbons (Fsp3) is 0.562. The van der Waals surface area contributed by atoms with Gasteiger partial charge in [0.25, 0.3) is 0 Å². The van der Waals surface area contributed by atoms with E-state index in [2.05, 4.69) is 30.4 Å². The Morgan fingerprint density at radius 2 is 2.10 bits per heavy atom. The van der Waals surface area contributed by atoms with Crippen LogP contribution in [0.2, 0.25) is 0 Å². The van der Waals surface area contributed by atoms with Crippen molar-refractivity contribution in [3.05, 3.63) is 35.4 Å². The Kier molecular flexibility index (Phi) is 8.67. The van der Waals surface area contributed by atoms with Crippen LogP contribution in [0.25, 0.3) is 0 Å². The molecule has 0 aliphatic rings. The van der Waals surface area contributed by atoms with E-state index in [1.165, 1.54) is 11.1 Å². The first kappa shape index (κ1) is 16.7. The van der Waals surface area contributed by atoms with Crippen LogP contribution in [0.3, 0.4) is 0 Å². The lowest BCUT2D eigenvalue weighted by atomic mass is 10.1. The Labute approximate surface area is 121 Å². The van der Waals surface area contributed by atoms with E-state index in [9.17, 15) is 4.79 Å². The maximum absolute atomic E-state index is 11.7. The van der Waals surface area contributed by atoms with Gasteiger partial charge in [0, 0.05) is 26.7 Å². The summed E-state index contributed by atoms with van der Waals surface area (Å²) in [7, 11) is 1.65. The van der Waals surface area contributed by atoms with Crippen molar-refractivity contribution in [2.24, 2.45) is 0 Å². The first-order valence-corrected chi connectivity index (χ1v) is 7.11. The summed E-state index contributed by atoms with van der Waals surface area (Å²) in [5.41, 5.74) is 2.44. The quantitative estimate of drug-likeness (QED) is 0.667. The summed E-state index contributed by atoms with van der Waals surface area (Å²) in [5.74, 6) is 0.100. The number of rotatable bonds is 10. The number of amides is 1. The molecule has 0 aliphatic carbocycles. The lowest BCUT2D eigenvalue weighted by Gasteiger charge is -2.06. The monoisotopic (exact) mass is 279 g/mol. The second-order valence-corrected chi connectivity index (χ2v) is 4.80. The van der Waals surface area contributed by atoms with Crippen LogP contribution in [0, 0.1) is 6.92 Å². The first-order valence-electron chi connectivity index (χ1n) is 7.11. The number of nitrogens with one attached hydrogen (secondary N) is 1. The number of aryl methyl sites for hydroxylation is 2. The van der Waals surface area contributed by atoms with E-state index >= 15 is 0 Å². The summed E-state index contributed by atoms with van der Waals surface area (Å²) in [6.45, 7) is 4.61. The van der Waals surface area contributed by atoms with Gasteiger partial charge in [0.05, 0.1) is 13.2 Å². The molecule has 20 heavy (non-hydrogen) atoms. The number of ether oxygens (including phenoxy) is 2. The lowest BCUT2D eigenvalue weighted by Crippen LogP contribution is -2.25. The number of methoxy groups -OCH3 is 1. The molecule has 0 aromatic heterocycles. The zero-order chi connectivity index (χ0) is 14.6. The average Bonchev–Trinajstić information content (AvgIpc) is 2.44.